The van der Waals surface area contributed by atoms with Gasteiger partial charge < -0.3 is 4.74 Å². The van der Waals surface area contributed by atoms with Crippen LogP contribution in [0, 0.1) is 13.8 Å². The van der Waals surface area contributed by atoms with Crippen LogP contribution in [-0.4, -0.2) is 21.9 Å². The van der Waals surface area contributed by atoms with Crippen molar-refractivity contribution >= 4 is 27.3 Å². The summed E-state index contributed by atoms with van der Waals surface area (Å²) in [5.41, 5.74) is 4.07. The Morgan fingerprint density at radius 3 is 2.67 bits per heavy atom. The highest BCUT2D eigenvalue weighted by Gasteiger charge is 2.11. The number of hydrogen-bond acceptors (Lipinski definition) is 4. The maximum Gasteiger partial charge on any atom is 0.211 e. The molecule has 3 aromatic rings. The molecule has 0 amide bonds. The molecule has 0 aliphatic rings. The molecule has 0 radical (unpaired) electrons. The van der Waals surface area contributed by atoms with Gasteiger partial charge in [-0.1, -0.05) is 0 Å². The van der Waals surface area contributed by atoms with Crippen LogP contribution in [0.15, 0.2) is 34.1 Å². The van der Waals surface area contributed by atoms with E-state index >= 15 is 0 Å². The van der Waals surface area contributed by atoms with Crippen molar-refractivity contribution in [3.8, 4) is 22.1 Å². The minimum atomic E-state index is 0.813. The summed E-state index contributed by atoms with van der Waals surface area (Å²) in [6.45, 7) is 4.02. The van der Waals surface area contributed by atoms with E-state index in [1.165, 1.54) is 0 Å². The molecule has 6 heteroatoms. The van der Waals surface area contributed by atoms with Gasteiger partial charge in [-0.15, -0.1) is 11.3 Å². The Labute approximate surface area is 135 Å². The first-order valence-electron chi connectivity index (χ1n) is 6.41. The van der Waals surface area contributed by atoms with E-state index in [1.54, 1.807) is 18.4 Å². The zero-order valence-electron chi connectivity index (χ0n) is 11.9. The van der Waals surface area contributed by atoms with Gasteiger partial charge in [-0.05, 0) is 54.0 Å². The van der Waals surface area contributed by atoms with Gasteiger partial charge in [-0.25, -0.2) is 9.67 Å². The molecule has 0 fully saturated rings. The molecule has 4 nitrogen and oxygen atoms in total. The molecule has 0 aliphatic carbocycles. The van der Waals surface area contributed by atoms with Crippen LogP contribution in [0.2, 0.25) is 0 Å². The Bertz CT molecular complexity index is 794. The largest absolute Gasteiger partial charge is 0.496 e. The third kappa shape index (κ3) is 2.73. The lowest BCUT2D eigenvalue weighted by molar-refractivity contribution is 0.412. The van der Waals surface area contributed by atoms with Crippen LogP contribution in [0.25, 0.3) is 16.4 Å². The molecule has 0 atom stereocenters. The van der Waals surface area contributed by atoms with Gasteiger partial charge in [-0.3, -0.25) is 0 Å². The number of nitrogens with zero attached hydrogens (tertiary/aromatic N) is 3. The first kappa shape index (κ1) is 14.3. The van der Waals surface area contributed by atoms with Gasteiger partial charge in [0.15, 0.2) is 0 Å². The molecule has 0 N–H and O–H groups in total. The Morgan fingerprint density at radius 1 is 1.24 bits per heavy atom. The van der Waals surface area contributed by atoms with Gasteiger partial charge in [-0.2, -0.15) is 5.10 Å². The van der Waals surface area contributed by atoms with Crippen molar-refractivity contribution in [3.05, 3.63) is 45.5 Å². The van der Waals surface area contributed by atoms with Crippen molar-refractivity contribution in [2.45, 2.75) is 13.8 Å². The van der Waals surface area contributed by atoms with Gasteiger partial charge in [0.1, 0.15) is 5.75 Å². The number of rotatable bonds is 3. The highest BCUT2D eigenvalue weighted by Crippen LogP contribution is 2.31. The van der Waals surface area contributed by atoms with E-state index < -0.39 is 0 Å². The molecule has 2 heterocycles. The maximum absolute atomic E-state index is 5.25. The van der Waals surface area contributed by atoms with Gasteiger partial charge in [0.2, 0.25) is 5.13 Å². The van der Waals surface area contributed by atoms with E-state index in [9.17, 15) is 0 Å². The summed E-state index contributed by atoms with van der Waals surface area (Å²) in [5.74, 6) is 0.813. The smallest absolute Gasteiger partial charge is 0.211 e. The first-order valence-corrected chi connectivity index (χ1v) is 8.09. The minimum Gasteiger partial charge on any atom is -0.496 e. The van der Waals surface area contributed by atoms with Crippen LogP contribution in [0.1, 0.15) is 11.4 Å². The van der Waals surface area contributed by atoms with Crippen molar-refractivity contribution in [1.29, 1.82) is 0 Å². The summed E-state index contributed by atoms with van der Waals surface area (Å²) in [4.78, 5) is 4.68. The average molecular weight is 364 g/mol. The predicted octanol–water partition coefficient (Wildman–Crippen LogP) is 4.38. The second-order valence-electron chi connectivity index (χ2n) is 4.70. The average Bonchev–Trinajstić information content (AvgIpc) is 3.05. The molecule has 21 heavy (non-hydrogen) atoms. The van der Waals surface area contributed by atoms with Gasteiger partial charge in [0, 0.05) is 16.6 Å². The summed E-state index contributed by atoms with van der Waals surface area (Å²) in [6.07, 6.45) is 0. The lowest BCUT2D eigenvalue weighted by atomic mass is 10.2. The van der Waals surface area contributed by atoms with Crippen LogP contribution in [-0.2, 0) is 0 Å². The molecule has 3 rings (SSSR count). The van der Waals surface area contributed by atoms with Crippen LogP contribution < -0.4 is 4.74 Å². The van der Waals surface area contributed by atoms with E-state index in [1.807, 2.05) is 48.2 Å². The topological polar surface area (TPSA) is 39.9 Å². The Balaban J connectivity index is 1.98. The van der Waals surface area contributed by atoms with E-state index in [0.717, 1.165) is 38.0 Å². The normalized spacial score (nSPS) is 10.9. The van der Waals surface area contributed by atoms with E-state index in [-0.39, 0.29) is 0 Å². The second kappa shape index (κ2) is 5.61. The maximum atomic E-state index is 5.25. The number of benzene rings is 1. The van der Waals surface area contributed by atoms with Crippen molar-refractivity contribution < 1.29 is 4.74 Å². The lowest BCUT2D eigenvalue weighted by Gasteiger charge is -2.04. The lowest BCUT2D eigenvalue weighted by Crippen LogP contribution is -1.98. The summed E-state index contributed by atoms with van der Waals surface area (Å²) >= 11 is 5.09. The molecule has 1 aromatic carbocycles. The van der Waals surface area contributed by atoms with Gasteiger partial charge in [0.05, 0.1) is 23.0 Å². The number of hydrogen-bond donors (Lipinski definition) is 0. The molecule has 2 aromatic heterocycles. The fourth-order valence-corrected chi connectivity index (χ4v) is 3.52. The van der Waals surface area contributed by atoms with Crippen LogP contribution in [0.5, 0.6) is 5.75 Å². The Hall–Kier alpha value is -1.66. The van der Waals surface area contributed by atoms with Crippen molar-refractivity contribution in [1.82, 2.24) is 14.8 Å². The number of ether oxygens (including phenoxy) is 1. The minimum absolute atomic E-state index is 0.813. The van der Waals surface area contributed by atoms with Crippen LogP contribution in [0.4, 0.5) is 0 Å². The first-order chi connectivity index (χ1) is 10.1. The second-order valence-corrected chi connectivity index (χ2v) is 6.39. The number of halogens is 1. The molecule has 108 valence electrons. The number of thiazole rings is 1. The third-order valence-corrected chi connectivity index (χ3v) is 4.57. The highest BCUT2D eigenvalue weighted by atomic mass is 79.9. The molecular weight excluding hydrogens is 350 g/mol. The van der Waals surface area contributed by atoms with Gasteiger partial charge in [0.25, 0.3) is 0 Å². The number of aromatic nitrogens is 3. The number of methoxy groups -OCH3 is 1. The zero-order valence-corrected chi connectivity index (χ0v) is 14.3. The summed E-state index contributed by atoms with van der Waals surface area (Å²) < 4.78 is 8.05. The molecule has 0 bridgehead atoms. The van der Waals surface area contributed by atoms with Gasteiger partial charge >= 0.3 is 0 Å². The standard InChI is InChI=1S/C15H14BrN3OS/c1-9-6-10(2)19(18-9)15-17-13(8-21-15)11-4-5-14(20-3)12(16)7-11/h4-8H,1-3H3. The molecule has 0 aliphatic heterocycles. The monoisotopic (exact) mass is 363 g/mol. The van der Waals surface area contributed by atoms with E-state index in [4.69, 9.17) is 4.74 Å². The van der Waals surface area contributed by atoms with Crippen LogP contribution >= 0.6 is 27.3 Å². The summed E-state index contributed by atoms with van der Waals surface area (Å²) in [5, 5.41) is 7.39. The Kier molecular flexibility index (Phi) is 3.82. The van der Waals surface area contributed by atoms with Crippen molar-refractivity contribution in [3.63, 3.8) is 0 Å². The van der Waals surface area contributed by atoms with Crippen molar-refractivity contribution in [2.24, 2.45) is 0 Å². The Morgan fingerprint density at radius 2 is 2.05 bits per heavy atom. The van der Waals surface area contributed by atoms with E-state index in [0.29, 0.717) is 0 Å². The quantitative estimate of drug-likeness (QED) is 0.692. The molecule has 0 saturated carbocycles. The fraction of sp³-hybridized carbons (Fsp3) is 0.200. The summed E-state index contributed by atoms with van der Waals surface area (Å²) in [6, 6.07) is 8.00. The summed E-state index contributed by atoms with van der Waals surface area (Å²) in [7, 11) is 1.66. The molecule has 0 unspecified atom stereocenters. The van der Waals surface area contributed by atoms with Crippen LogP contribution in [0.3, 0.4) is 0 Å². The zero-order chi connectivity index (χ0) is 15.0. The SMILES string of the molecule is COc1ccc(-c2csc(-n3nc(C)cc3C)n2)cc1Br. The van der Waals surface area contributed by atoms with E-state index in [2.05, 4.69) is 26.0 Å². The highest BCUT2D eigenvalue weighted by molar-refractivity contribution is 9.10. The number of aryl methyl sites for hydroxylation is 2. The third-order valence-electron chi connectivity index (χ3n) is 3.13. The molecular formula is C15H14BrN3OS. The predicted molar refractivity (Wildman–Crippen MR) is 88.4 cm³/mol. The molecule has 0 saturated heterocycles. The fourth-order valence-electron chi connectivity index (χ4n) is 2.14. The van der Waals surface area contributed by atoms with Crippen molar-refractivity contribution in [2.75, 3.05) is 7.11 Å². The molecule has 0 spiro atoms.